The minimum atomic E-state index is -0.836. The van der Waals surface area contributed by atoms with E-state index in [4.69, 9.17) is 0 Å². The monoisotopic (exact) mass is 313 g/mol. The molecule has 1 aromatic rings. The minimum absolute atomic E-state index is 0.0473. The van der Waals surface area contributed by atoms with Crippen molar-refractivity contribution in [2.75, 3.05) is 6.54 Å². The van der Waals surface area contributed by atoms with Crippen LogP contribution in [0.15, 0.2) is 36.4 Å². The summed E-state index contributed by atoms with van der Waals surface area (Å²) in [7, 11) is 0. The van der Waals surface area contributed by atoms with Gasteiger partial charge in [0.05, 0.1) is 24.5 Å². The molecule has 2 aliphatic rings. The zero-order valence-corrected chi connectivity index (χ0v) is 13.6. The molecule has 1 aliphatic heterocycles. The maximum absolute atomic E-state index is 12.4. The molecule has 0 bridgehead atoms. The highest BCUT2D eigenvalue weighted by molar-refractivity contribution is 6.05. The van der Waals surface area contributed by atoms with Crippen molar-refractivity contribution in [3.05, 3.63) is 47.5 Å². The van der Waals surface area contributed by atoms with E-state index in [1.807, 2.05) is 36.4 Å². The first-order chi connectivity index (χ1) is 11.0. The van der Waals surface area contributed by atoms with Gasteiger partial charge in [-0.25, -0.2) is 0 Å². The molecule has 3 rings (SSSR count). The largest absolute Gasteiger partial charge is 0.387 e. The number of carbonyl (C=O) groups is 2. The second kappa shape index (κ2) is 6.28. The number of hydrogen-bond donors (Lipinski definition) is 1. The Morgan fingerprint density at radius 2 is 1.48 bits per heavy atom. The van der Waals surface area contributed by atoms with E-state index in [0.29, 0.717) is 18.8 Å². The van der Waals surface area contributed by atoms with Crippen LogP contribution in [-0.2, 0) is 9.59 Å². The quantitative estimate of drug-likeness (QED) is 0.687. The molecule has 0 radical (unpaired) electrons. The number of nitrogens with zero attached hydrogens (tertiary/aromatic N) is 1. The van der Waals surface area contributed by atoms with E-state index in [-0.39, 0.29) is 30.2 Å². The van der Waals surface area contributed by atoms with E-state index >= 15 is 0 Å². The van der Waals surface area contributed by atoms with Crippen LogP contribution in [0.2, 0.25) is 0 Å². The average molecular weight is 313 g/mol. The van der Waals surface area contributed by atoms with Crippen LogP contribution in [0.4, 0.5) is 0 Å². The average Bonchev–Trinajstić information content (AvgIpc) is 2.80. The number of allylic oxidation sites excluding steroid dienone is 2. The summed E-state index contributed by atoms with van der Waals surface area (Å²) in [5.74, 6) is -0.311. The topological polar surface area (TPSA) is 57.6 Å². The standard InChI is InChI=1S/C19H23NO3/c1-12(2)13-7-9-14(10-8-13)17(21)11-20-18(22)15-5-3-4-6-16(15)19(20)23/h3-4,7-10,12,15-17,21H,5-6,11H2,1-2H3/t15-,16-,17-/m1/s1. The molecule has 1 heterocycles. The lowest BCUT2D eigenvalue weighted by Gasteiger charge is -2.20. The molecule has 1 aliphatic carbocycles. The van der Waals surface area contributed by atoms with E-state index in [9.17, 15) is 14.7 Å². The van der Waals surface area contributed by atoms with Crippen LogP contribution >= 0.6 is 0 Å². The lowest BCUT2D eigenvalue weighted by Crippen LogP contribution is -2.35. The van der Waals surface area contributed by atoms with E-state index < -0.39 is 6.10 Å². The molecule has 1 fully saturated rings. The van der Waals surface area contributed by atoms with Crippen LogP contribution in [-0.4, -0.2) is 28.4 Å². The van der Waals surface area contributed by atoms with Gasteiger partial charge in [0.2, 0.25) is 11.8 Å². The number of hydrogen-bond acceptors (Lipinski definition) is 3. The Labute approximate surface area is 136 Å². The first-order valence-corrected chi connectivity index (χ1v) is 8.27. The summed E-state index contributed by atoms with van der Waals surface area (Å²) in [6.07, 6.45) is 4.36. The number of benzene rings is 1. The van der Waals surface area contributed by atoms with Crippen LogP contribution in [0.3, 0.4) is 0 Å². The molecular weight excluding hydrogens is 290 g/mol. The van der Waals surface area contributed by atoms with Crippen molar-refractivity contribution in [1.29, 1.82) is 0 Å². The molecule has 0 aromatic heterocycles. The Hall–Kier alpha value is -1.94. The molecule has 1 saturated heterocycles. The molecule has 122 valence electrons. The normalized spacial score (nSPS) is 25.1. The van der Waals surface area contributed by atoms with Crippen molar-refractivity contribution < 1.29 is 14.7 Å². The second-order valence-corrected chi connectivity index (χ2v) is 6.78. The van der Waals surface area contributed by atoms with Gasteiger partial charge in [-0.1, -0.05) is 50.3 Å². The molecule has 0 unspecified atom stereocenters. The number of likely N-dealkylation sites (tertiary alicyclic amines) is 1. The third kappa shape index (κ3) is 2.95. The Bertz CT molecular complexity index is 607. The molecular formula is C19H23NO3. The van der Waals surface area contributed by atoms with Gasteiger partial charge in [-0.15, -0.1) is 0 Å². The van der Waals surface area contributed by atoms with Gasteiger partial charge in [0.1, 0.15) is 0 Å². The summed E-state index contributed by atoms with van der Waals surface area (Å²) in [5, 5.41) is 10.4. The molecule has 0 spiro atoms. The maximum Gasteiger partial charge on any atom is 0.233 e. The number of imide groups is 1. The van der Waals surface area contributed by atoms with E-state index in [0.717, 1.165) is 5.56 Å². The number of amides is 2. The molecule has 1 N–H and O–H groups in total. The molecule has 23 heavy (non-hydrogen) atoms. The van der Waals surface area contributed by atoms with Crippen LogP contribution in [0.5, 0.6) is 0 Å². The molecule has 1 aromatic carbocycles. The predicted octanol–water partition coefficient (Wildman–Crippen LogP) is 2.79. The number of fused-ring (bicyclic) bond motifs is 1. The SMILES string of the molecule is CC(C)c1ccc([C@H](O)CN2C(=O)[C@@H]3CC=CC[C@H]3C2=O)cc1. The van der Waals surface area contributed by atoms with E-state index in [2.05, 4.69) is 13.8 Å². The van der Waals surface area contributed by atoms with Crippen molar-refractivity contribution in [3.8, 4) is 0 Å². The summed E-state index contributed by atoms with van der Waals surface area (Å²) in [6, 6.07) is 7.72. The highest BCUT2D eigenvalue weighted by Crippen LogP contribution is 2.35. The second-order valence-electron chi connectivity index (χ2n) is 6.78. The Kier molecular flexibility index (Phi) is 4.35. The third-order valence-electron chi connectivity index (χ3n) is 4.94. The summed E-state index contributed by atoms with van der Waals surface area (Å²) < 4.78 is 0. The van der Waals surface area contributed by atoms with Crippen molar-refractivity contribution in [3.63, 3.8) is 0 Å². The summed E-state index contributed by atoms with van der Waals surface area (Å²) in [4.78, 5) is 26.1. The first kappa shape index (κ1) is 15.9. The minimum Gasteiger partial charge on any atom is -0.387 e. The first-order valence-electron chi connectivity index (χ1n) is 8.27. The third-order valence-corrected chi connectivity index (χ3v) is 4.94. The summed E-state index contributed by atoms with van der Waals surface area (Å²) >= 11 is 0. The van der Waals surface area contributed by atoms with Crippen LogP contribution in [0.1, 0.15) is 49.8 Å². The Morgan fingerprint density at radius 1 is 1.00 bits per heavy atom. The van der Waals surface area contributed by atoms with Gasteiger partial charge in [0.15, 0.2) is 0 Å². The molecule has 4 heteroatoms. The fraction of sp³-hybridized carbons (Fsp3) is 0.474. The van der Waals surface area contributed by atoms with E-state index in [1.165, 1.54) is 10.5 Å². The summed E-state index contributed by atoms with van der Waals surface area (Å²) in [5.41, 5.74) is 1.94. The van der Waals surface area contributed by atoms with Crippen molar-refractivity contribution in [1.82, 2.24) is 4.90 Å². The van der Waals surface area contributed by atoms with Gasteiger partial charge in [-0.3, -0.25) is 14.5 Å². The van der Waals surface area contributed by atoms with Crippen molar-refractivity contribution in [2.45, 2.75) is 38.7 Å². The summed E-state index contributed by atoms with van der Waals surface area (Å²) in [6.45, 7) is 4.28. The van der Waals surface area contributed by atoms with Gasteiger partial charge in [-0.05, 0) is 29.9 Å². The highest BCUT2D eigenvalue weighted by atomic mass is 16.3. The zero-order chi connectivity index (χ0) is 16.6. The number of carbonyl (C=O) groups excluding carboxylic acids is 2. The lowest BCUT2D eigenvalue weighted by atomic mass is 9.85. The van der Waals surface area contributed by atoms with Gasteiger partial charge in [0.25, 0.3) is 0 Å². The molecule has 3 atom stereocenters. The lowest BCUT2D eigenvalue weighted by molar-refractivity contribution is -0.141. The fourth-order valence-electron chi connectivity index (χ4n) is 3.43. The number of β-amino-alcohol motifs (C(OH)–C–C–N with tert-alkyl or cyclic N) is 1. The maximum atomic E-state index is 12.4. The van der Waals surface area contributed by atoms with Crippen molar-refractivity contribution in [2.24, 2.45) is 11.8 Å². The predicted molar refractivity (Wildman–Crippen MR) is 87.6 cm³/mol. The van der Waals surface area contributed by atoms with Gasteiger partial charge < -0.3 is 5.11 Å². The molecule has 0 saturated carbocycles. The van der Waals surface area contributed by atoms with E-state index in [1.54, 1.807) is 0 Å². The zero-order valence-electron chi connectivity index (χ0n) is 13.6. The van der Waals surface area contributed by atoms with Gasteiger partial charge in [-0.2, -0.15) is 0 Å². The van der Waals surface area contributed by atoms with Crippen LogP contribution in [0, 0.1) is 11.8 Å². The Balaban J connectivity index is 1.71. The van der Waals surface area contributed by atoms with Crippen LogP contribution in [0.25, 0.3) is 0 Å². The van der Waals surface area contributed by atoms with Crippen molar-refractivity contribution >= 4 is 11.8 Å². The smallest absolute Gasteiger partial charge is 0.233 e. The van der Waals surface area contributed by atoms with Gasteiger partial charge in [0, 0.05) is 0 Å². The van der Waals surface area contributed by atoms with Crippen LogP contribution < -0.4 is 0 Å². The fourth-order valence-corrected chi connectivity index (χ4v) is 3.43. The Morgan fingerprint density at radius 3 is 1.96 bits per heavy atom. The number of aliphatic hydroxyl groups excluding tert-OH is 1. The highest BCUT2D eigenvalue weighted by Gasteiger charge is 2.47. The number of rotatable bonds is 4. The van der Waals surface area contributed by atoms with Gasteiger partial charge >= 0.3 is 0 Å². The molecule has 4 nitrogen and oxygen atoms in total. The molecule has 2 amide bonds. The number of aliphatic hydroxyl groups is 1.